The van der Waals surface area contributed by atoms with E-state index >= 15 is 0 Å². The number of hydrogen-bond donors (Lipinski definition) is 2. The molecule has 1 aliphatic rings. The highest BCUT2D eigenvalue weighted by Gasteiger charge is 2.30. The fourth-order valence-corrected chi connectivity index (χ4v) is 3.80. The average Bonchev–Trinajstić information content (AvgIpc) is 2.77. The summed E-state index contributed by atoms with van der Waals surface area (Å²) in [7, 11) is -4.88. The molecule has 0 radical (unpaired) electrons. The predicted octanol–water partition coefficient (Wildman–Crippen LogP) is 1.15. The lowest BCUT2D eigenvalue weighted by Gasteiger charge is -2.27. The van der Waals surface area contributed by atoms with Gasteiger partial charge in [0.25, 0.3) is 5.91 Å². The Bertz CT molecular complexity index is 984. The highest BCUT2D eigenvalue weighted by molar-refractivity contribution is 7.91. The van der Waals surface area contributed by atoms with Crippen LogP contribution in [0, 0.1) is 0 Å². The molecule has 0 aliphatic carbocycles. The van der Waals surface area contributed by atoms with Crippen LogP contribution in [0.4, 0.5) is 20.4 Å². The first-order valence-electron chi connectivity index (χ1n) is 9.17. The van der Waals surface area contributed by atoms with E-state index < -0.39 is 26.4 Å². The number of morpholine rings is 1. The van der Waals surface area contributed by atoms with Crippen molar-refractivity contribution in [2.45, 2.75) is 10.7 Å². The molecule has 3 rings (SSSR count). The second-order valence-electron chi connectivity index (χ2n) is 6.35. The van der Waals surface area contributed by atoms with E-state index in [4.69, 9.17) is 4.74 Å². The van der Waals surface area contributed by atoms with Crippen LogP contribution in [0.15, 0.2) is 41.6 Å². The molecule has 0 unspecified atom stereocenters. The number of amides is 1. The van der Waals surface area contributed by atoms with E-state index in [9.17, 15) is 22.0 Å². The number of alkyl halides is 2. The standard InChI is InChI=1S/C18H21F2N5O4S/c19-18(20)30(27,28)14-4-2-1-3-13(14)17(26)22-6-5-21-15-11-16(24-12-23-15)25-7-9-29-10-8-25/h1-4,11-12,18H,5-10H2,(H,22,26)(H,21,23,24). The molecule has 1 aromatic carbocycles. The molecule has 1 aromatic heterocycles. The Morgan fingerprint density at radius 1 is 1.17 bits per heavy atom. The third-order valence-corrected chi connectivity index (χ3v) is 5.82. The second-order valence-corrected chi connectivity index (χ2v) is 8.23. The molecule has 0 bridgehead atoms. The van der Waals surface area contributed by atoms with Gasteiger partial charge in [-0.2, -0.15) is 8.78 Å². The van der Waals surface area contributed by atoms with Gasteiger partial charge in [0.1, 0.15) is 18.0 Å². The largest absolute Gasteiger partial charge is 0.378 e. The highest BCUT2D eigenvalue weighted by atomic mass is 32.2. The lowest BCUT2D eigenvalue weighted by Crippen LogP contribution is -2.36. The molecule has 162 valence electrons. The first kappa shape index (κ1) is 21.8. The number of carbonyl (C=O) groups excluding carboxylic acids is 1. The van der Waals surface area contributed by atoms with Gasteiger partial charge in [-0.3, -0.25) is 4.79 Å². The summed E-state index contributed by atoms with van der Waals surface area (Å²) in [5.41, 5.74) is -0.325. The molecule has 2 N–H and O–H groups in total. The van der Waals surface area contributed by atoms with Gasteiger partial charge in [0.15, 0.2) is 0 Å². The molecular weight excluding hydrogens is 420 g/mol. The highest BCUT2D eigenvalue weighted by Crippen LogP contribution is 2.22. The number of ether oxygens (including phenoxy) is 1. The molecule has 30 heavy (non-hydrogen) atoms. The van der Waals surface area contributed by atoms with Crippen LogP contribution in [0.25, 0.3) is 0 Å². The lowest BCUT2D eigenvalue weighted by atomic mass is 10.2. The Morgan fingerprint density at radius 2 is 1.90 bits per heavy atom. The fraction of sp³-hybridized carbons (Fsp3) is 0.389. The van der Waals surface area contributed by atoms with Gasteiger partial charge in [0.2, 0.25) is 9.84 Å². The number of benzene rings is 1. The smallest absolute Gasteiger partial charge is 0.341 e. The van der Waals surface area contributed by atoms with E-state index in [0.29, 0.717) is 19.0 Å². The molecule has 0 spiro atoms. The molecule has 0 saturated carbocycles. The van der Waals surface area contributed by atoms with Gasteiger partial charge in [-0.25, -0.2) is 18.4 Å². The SMILES string of the molecule is O=C(NCCNc1cc(N2CCOCC2)ncn1)c1ccccc1S(=O)(=O)C(F)F. The van der Waals surface area contributed by atoms with Crippen molar-refractivity contribution >= 4 is 27.4 Å². The summed E-state index contributed by atoms with van der Waals surface area (Å²) in [5.74, 6) is -3.05. The molecule has 1 amide bonds. The van der Waals surface area contributed by atoms with Crippen molar-refractivity contribution in [3.8, 4) is 0 Å². The summed E-state index contributed by atoms with van der Waals surface area (Å²) in [5, 5.41) is 5.55. The number of rotatable bonds is 8. The predicted molar refractivity (Wildman–Crippen MR) is 106 cm³/mol. The molecule has 1 saturated heterocycles. The third-order valence-electron chi connectivity index (χ3n) is 4.38. The number of nitrogens with zero attached hydrogens (tertiary/aromatic N) is 3. The fourth-order valence-electron chi connectivity index (χ4n) is 2.87. The Kier molecular flexibility index (Phi) is 7.11. The van der Waals surface area contributed by atoms with Crippen molar-refractivity contribution in [1.82, 2.24) is 15.3 Å². The molecule has 1 fully saturated rings. The van der Waals surface area contributed by atoms with Crippen LogP contribution in [0.1, 0.15) is 10.4 Å². The van der Waals surface area contributed by atoms with Crippen molar-refractivity contribution in [2.75, 3.05) is 49.6 Å². The van der Waals surface area contributed by atoms with E-state index in [-0.39, 0.29) is 18.7 Å². The molecular formula is C18H21F2N5O4S. The van der Waals surface area contributed by atoms with E-state index in [1.807, 2.05) is 0 Å². The van der Waals surface area contributed by atoms with Gasteiger partial charge in [-0.05, 0) is 12.1 Å². The monoisotopic (exact) mass is 441 g/mol. The minimum Gasteiger partial charge on any atom is -0.378 e. The van der Waals surface area contributed by atoms with Gasteiger partial charge >= 0.3 is 5.76 Å². The van der Waals surface area contributed by atoms with Crippen LogP contribution < -0.4 is 15.5 Å². The van der Waals surface area contributed by atoms with Crippen LogP contribution in [0.5, 0.6) is 0 Å². The third kappa shape index (κ3) is 5.19. The molecule has 2 heterocycles. The summed E-state index contributed by atoms with van der Waals surface area (Å²) in [6.45, 7) is 3.12. The maximum absolute atomic E-state index is 12.9. The van der Waals surface area contributed by atoms with Crippen molar-refractivity contribution in [3.05, 3.63) is 42.2 Å². The summed E-state index contributed by atoms with van der Waals surface area (Å²) < 4.78 is 54.5. The van der Waals surface area contributed by atoms with E-state index in [2.05, 4.69) is 25.5 Å². The van der Waals surface area contributed by atoms with Crippen molar-refractivity contribution < 1.29 is 26.7 Å². The van der Waals surface area contributed by atoms with Crippen molar-refractivity contribution in [1.29, 1.82) is 0 Å². The lowest BCUT2D eigenvalue weighted by molar-refractivity contribution is 0.0951. The number of anilines is 2. The average molecular weight is 441 g/mol. The zero-order chi connectivity index (χ0) is 21.6. The minimum absolute atomic E-state index is 0.124. The summed E-state index contributed by atoms with van der Waals surface area (Å²) in [6, 6.07) is 6.65. The van der Waals surface area contributed by atoms with Gasteiger partial charge in [0, 0.05) is 32.2 Å². The number of aromatic nitrogens is 2. The minimum atomic E-state index is -4.88. The molecule has 2 aromatic rings. The topological polar surface area (TPSA) is 114 Å². The first-order valence-corrected chi connectivity index (χ1v) is 10.7. The van der Waals surface area contributed by atoms with Crippen molar-refractivity contribution in [2.24, 2.45) is 0 Å². The maximum atomic E-state index is 12.9. The van der Waals surface area contributed by atoms with Crippen LogP contribution in [0.3, 0.4) is 0 Å². The van der Waals surface area contributed by atoms with Gasteiger partial charge in [0.05, 0.1) is 23.7 Å². The van der Waals surface area contributed by atoms with E-state index in [1.54, 1.807) is 6.07 Å². The first-order chi connectivity index (χ1) is 14.4. The second kappa shape index (κ2) is 9.76. The Balaban J connectivity index is 1.56. The van der Waals surface area contributed by atoms with Crippen LogP contribution in [-0.4, -0.2) is 69.4 Å². The van der Waals surface area contributed by atoms with Gasteiger partial charge in [-0.1, -0.05) is 12.1 Å². The molecule has 0 atom stereocenters. The molecule has 1 aliphatic heterocycles. The zero-order valence-electron chi connectivity index (χ0n) is 15.9. The van der Waals surface area contributed by atoms with Gasteiger partial charge < -0.3 is 20.3 Å². The maximum Gasteiger partial charge on any atom is 0.341 e. The number of carbonyl (C=O) groups is 1. The normalized spacial score (nSPS) is 14.6. The number of halogens is 2. The Morgan fingerprint density at radius 3 is 2.63 bits per heavy atom. The summed E-state index contributed by atoms with van der Waals surface area (Å²) in [6.07, 6.45) is 1.43. The number of sulfone groups is 1. The van der Waals surface area contributed by atoms with E-state index in [0.717, 1.165) is 25.0 Å². The van der Waals surface area contributed by atoms with Crippen LogP contribution in [0.2, 0.25) is 0 Å². The number of hydrogen-bond acceptors (Lipinski definition) is 8. The Labute approximate surface area is 172 Å². The number of nitrogens with one attached hydrogen (secondary N) is 2. The summed E-state index contributed by atoms with van der Waals surface area (Å²) >= 11 is 0. The Hall–Kier alpha value is -2.86. The molecule has 12 heteroatoms. The van der Waals surface area contributed by atoms with E-state index in [1.165, 1.54) is 24.5 Å². The quantitative estimate of drug-likeness (QED) is 0.587. The van der Waals surface area contributed by atoms with Crippen molar-refractivity contribution in [3.63, 3.8) is 0 Å². The zero-order valence-corrected chi connectivity index (χ0v) is 16.7. The van der Waals surface area contributed by atoms with Gasteiger partial charge in [-0.15, -0.1) is 0 Å². The van der Waals surface area contributed by atoms with Crippen LogP contribution in [-0.2, 0) is 14.6 Å². The van der Waals surface area contributed by atoms with Crippen LogP contribution >= 0.6 is 0 Å². The summed E-state index contributed by atoms with van der Waals surface area (Å²) in [4.78, 5) is 22.0. The molecule has 9 nitrogen and oxygen atoms in total.